The van der Waals surface area contributed by atoms with E-state index in [2.05, 4.69) is 15.6 Å². The molecule has 25 heavy (non-hydrogen) atoms. The van der Waals surface area contributed by atoms with E-state index in [1.165, 1.54) is 12.8 Å². The SMILES string of the molecule is O=C(NCc1ccncc1)[C@@H]1C[C@@]12CCN(C(=O)NC1CCCC1)C2. The van der Waals surface area contributed by atoms with E-state index in [-0.39, 0.29) is 23.3 Å². The maximum Gasteiger partial charge on any atom is 0.317 e. The molecule has 2 aliphatic carbocycles. The first-order valence-corrected chi connectivity index (χ1v) is 9.38. The summed E-state index contributed by atoms with van der Waals surface area (Å²) in [5, 5.41) is 6.19. The van der Waals surface area contributed by atoms with Crippen LogP contribution in [0.1, 0.15) is 44.1 Å². The van der Waals surface area contributed by atoms with Crippen molar-refractivity contribution < 1.29 is 9.59 Å². The van der Waals surface area contributed by atoms with Crippen LogP contribution in [0.25, 0.3) is 0 Å². The van der Waals surface area contributed by atoms with E-state index in [1.54, 1.807) is 12.4 Å². The van der Waals surface area contributed by atoms with Gasteiger partial charge >= 0.3 is 6.03 Å². The van der Waals surface area contributed by atoms with Crippen LogP contribution in [0.15, 0.2) is 24.5 Å². The van der Waals surface area contributed by atoms with Crippen LogP contribution >= 0.6 is 0 Å². The second kappa shape index (κ2) is 6.65. The lowest BCUT2D eigenvalue weighted by Crippen LogP contribution is -2.43. The third-order valence-corrected chi connectivity index (χ3v) is 6.08. The van der Waals surface area contributed by atoms with Crippen LogP contribution in [0, 0.1) is 11.3 Å². The van der Waals surface area contributed by atoms with Gasteiger partial charge < -0.3 is 15.5 Å². The van der Waals surface area contributed by atoms with E-state index in [4.69, 9.17) is 0 Å². The van der Waals surface area contributed by atoms with Crippen molar-refractivity contribution >= 4 is 11.9 Å². The second-order valence-electron chi connectivity index (χ2n) is 7.79. The van der Waals surface area contributed by atoms with Gasteiger partial charge in [-0.15, -0.1) is 0 Å². The predicted molar refractivity (Wildman–Crippen MR) is 93.6 cm³/mol. The maximum atomic E-state index is 12.4. The molecule has 1 aromatic rings. The maximum absolute atomic E-state index is 12.4. The highest BCUT2D eigenvalue weighted by atomic mass is 16.2. The molecule has 3 fully saturated rings. The smallest absolute Gasteiger partial charge is 0.317 e. The molecule has 1 spiro atoms. The molecular weight excluding hydrogens is 316 g/mol. The Bertz CT molecular complexity index is 644. The molecule has 2 atom stereocenters. The second-order valence-corrected chi connectivity index (χ2v) is 7.79. The summed E-state index contributed by atoms with van der Waals surface area (Å²) >= 11 is 0. The molecule has 0 unspecified atom stereocenters. The van der Waals surface area contributed by atoms with Gasteiger partial charge in [0.05, 0.1) is 0 Å². The molecule has 1 aliphatic heterocycles. The minimum absolute atomic E-state index is 0.0232. The molecule has 6 nitrogen and oxygen atoms in total. The number of amides is 3. The number of carbonyl (C=O) groups excluding carboxylic acids is 2. The molecule has 0 radical (unpaired) electrons. The van der Waals surface area contributed by atoms with E-state index in [1.807, 2.05) is 17.0 Å². The number of likely N-dealkylation sites (tertiary alicyclic amines) is 1. The summed E-state index contributed by atoms with van der Waals surface area (Å²) in [5.74, 6) is 0.175. The predicted octanol–water partition coefficient (Wildman–Crippen LogP) is 2.06. The highest BCUT2D eigenvalue weighted by Gasteiger charge is 2.61. The lowest BCUT2D eigenvalue weighted by molar-refractivity contribution is -0.123. The van der Waals surface area contributed by atoms with Gasteiger partial charge in [0.25, 0.3) is 0 Å². The number of rotatable bonds is 4. The van der Waals surface area contributed by atoms with Crippen molar-refractivity contribution in [2.75, 3.05) is 13.1 Å². The molecule has 1 aromatic heterocycles. The Morgan fingerprint density at radius 2 is 2.00 bits per heavy atom. The zero-order valence-electron chi connectivity index (χ0n) is 14.5. The third-order valence-electron chi connectivity index (χ3n) is 6.08. The van der Waals surface area contributed by atoms with Crippen LogP contribution in [-0.2, 0) is 11.3 Å². The topological polar surface area (TPSA) is 74.3 Å². The lowest BCUT2D eigenvalue weighted by Gasteiger charge is -2.20. The summed E-state index contributed by atoms with van der Waals surface area (Å²) < 4.78 is 0. The first kappa shape index (κ1) is 16.4. The Morgan fingerprint density at radius 3 is 2.76 bits per heavy atom. The zero-order chi connectivity index (χ0) is 17.3. The summed E-state index contributed by atoms with van der Waals surface area (Å²) in [7, 11) is 0. The fourth-order valence-corrected chi connectivity index (χ4v) is 4.39. The van der Waals surface area contributed by atoms with Crippen molar-refractivity contribution in [3.63, 3.8) is 0 Å². The molecule has 3 aliphatic rings. The van der Waals surface area contributed by atoms with Crippen molar-refractivity contribution in [3.8, 4) is 0 Å². The number of aromatic nitrogens is 1. The van der Waals surface area contributed by atoms with Crippen LogP contribution in [0.3, 0.4) is 0 Å². The summed E-state index contributed by atoms with van der Waals surface area (Å²) in [4.78, 5) is 30.8. The molecule has 0 aromatic carbocycles. The van der Waals surface area contributed by atoms with E-state index in [9.17, 15) is 9.59 Å². The van der Waals surface area contributed by atoms with E-state index in [0.29, 0.717) is 12.6 Å². The first-order valence-electron chi connectivity index (χ1n) is 9.38. The van der Waals surface area contributed by atoms with Gasteiger partial charge in [-0.25, -0.2) is 4.79 Å². The number of carbonyl (C=O) groups is 2. The molecule has 4 rings (SSSR count). The number of urea groups is 1. The standard InChI is InChI=1S/C19H26N4O2/c24-17(21-12-14-5-8-20-9-6-14)16-11-19(16)7-10-23(13-19)18(25)22-15-3-1-2-4-15/h5-6,8-9,15-16H,1-4,7,10-13H2,(H,21,24)(H,22,25)/t16-,19+/m0/s1. The van der Waals surface area contributed by atoms with Gasteiger partial charge in [0, 0.05) is 49.4 Å². The average Bonchev–Trinajstić information content (AvgIpc) is 2.96. The van der Waals surface area contributed by atoms with Gasteiger partial charge in [-0.3, -0.25) is 9.78 Å². The Balaban J connectivity index is 1.25. The Labute approximate surface area is 148 Å². The third kappa shape index (κ3) is 3.48. The van der Waals surface area contributed by atoms with Gasteiger partial charge in [0.2, 0.25) is 5.91 Å². The molecule has 2 saturated carbocycles. The molecule has 2 N–H and O–H groups in total. The largest absolute Gasteiger partial charge is 0.352 e. The first-order chi connectivity index (χ1) is 12.2. The van der Waals surface area contributed by atoms with Gasteiger partial charge in [0.15, 0.2) is 0 Å². The van der Waals surface area contributed by atoms with Crippen molar-refractivity contribution in [1.82, 2.24) is 20.5 Å². The Morgan fingerprint density at radius 1 is 1.24 bits per heavy atom. The highest BCUT2D eigenvalue weighted by molar-refractivity contribution is 5.83. The number of nitrogens with zero attached hydrogens (tertiary/aromatic N) is 2. The quantitative estimate of drug-likeness (QED) is 0.879. The Kier molecular flexibility index (Phi) is 4.36. The number of nitrogens with one attached hydrogen (secondary N) is 2. The van der Waals surface area contributed by atoms with Crippen molar-refractivity contribution in [2.45, 2.75) is 51.1 Å². The fourth-order valence-electron chi connectivity index (χ4n) is 4.39. The molecule has 2 heterocycles. The van der Waals surface area contributed by atoms with Crippen LogP contribution in [-0.4, -0.2) is 41.0 Å². The summed E-state index contributed by atoms with van der Waals surface area (Å²) in [6.07, 6.45) is 9.95. The van der Waals surface area contributed by atoms with Crippen molar-refractivity contribution in [3.05, 3.63) is 30.1 Å². The molecule has 6 heteroatoms. The van der Waals surface area contributed by atoms with Gasteiger partial charge in [-0.2, -0.15) is 0 Å². The van der Waals surface area contributed by atoms with Gasteiger partial charge in [0.1, 0.15) is 0 Å². The van der Waals surface area contributed by atoms with E-state index >= 15 is 0 Å². The van der Waals surface area contributed by atoms with Crippen molar-refractivity contribution in [2.24, 2.45) is 11.3 Å². The summed E-state index contributed by atoms with van der Waals surface area (Å²) in [6.45, 7) is 2.03. The lowest BCUT2D eigenvalue weighted by atomic mass is 10.0. The van der Waals surface area contributed by atoms with E-state index in [0.717, 1.165) is 44.3 Å². The number of hydrogen-bond acceptors (Lipinski definition) is 3. The molecular formula is C19H26N4O2. The molecule has 3 amide bonds. The number of pyridine rings is 1. The Hall–Kier alpha value is -2.11. The monoisotopic (exact) mass is 342 g/mol. The van der Waals surface area contributed by atoms with Crippen LogP contribution < -0.4 is 10.6 Å². The van der Waals surface area contributed by atoms with Gasteiger partial charge in [-0.1, -0.05) is 12.8 Å². The molecule has 0 bridgehead atoms. The summed E-state index contributed by atoms with van der Waals surface area (Å²) in [6, 6.07) is 4.23. The van der Waals surface area contributed by atoms with Crippen LogP contribution in [0.4, 0.5) is 4.79 Å². The fraction of sp³-hybridized carbons (Fsp3) is 0.632. The zero-order valence-corrected chi connectivity index (χ0v) is 14.5. The molecule has 134 valence electrons. The van der Waals surface area contributed by atoms with Crippen LogP contribution in [0.5, 0.6) is 0 Å². The van der Waals surface area contributed by atoms with Crippen LogP contribution in [0.2, 0.25) is 0 Å². The highest BCUT2D eigenvalue weighted by Crippen LogP contribution is 2.58. The minimum atomic E-state index is 0.0232. The summed E-state index contributed by atoms with van der Waals surface area (Å²) in [5.41, 5.74) is 1.08. The normalized spacial score (nSPS) is 28.3. The van der Waals surface area contributed by atoms with Crippen molar-refractivity contribution in [1.29, 1.82) is 0 Å². The number of hydrogen-bond donors (Lipinski definition) is 2. The minimum Gasteiger partial charge on any atom is -0.352 e. The van der Waals surface area contributed by atoms with E-state index < -0.39 is 0 Å². The molecule has 1 saturated heterocycles. The average molecular weight is 342 g/mol. The van der Waals surface area contributed by atoms with Gasteiger partial charge in [-0.05, 0) is 43.4 Å².